The summed E-state index contributed by atoms with van der Waals surface area (Å²) >= 11 is 4.69. The smallest absolute Gasteiger partial charge is 0.240 e. The Morgan fingerprint density at radius 2 is 2.05 bits per heavy atom. The molecular weight excluding hydrogens is 362 g/mol. The van der Waals surface area contributed by atoms with Gasteiger partial charge in [-0.2, -0.15) is 0 Å². The largest absolute Gasteiger partial charge is 0.398 e. The van der Waals surface area contributed by atoms with Gasteiger partial charge in [0, 0.05) is 21.3 Å². The molecule has 0 unspecified atom stereocenters. The van der Waals surface area contributed by atoms with E-state index >= 15 is 0 Å². The molecule has 0 spiro atoms. The molecule has 0 saturated heterocycles. The molecule has 5 nitrogen and oxygen atoms in total. The summed E-state index contributed by atoms with van der Waals surface area (Å²) in [5.74, 6) is 0. The number of nitrogens with one attached hydrogen (secondary N) is 1. The van der Waals surface area contributed by atoms with E-state index in [1.54, 1.807) is 12.3 Å². The molecule has 0 aliphatic carbocycles. The minimum Gasteiger partial charge on any atom is -0.398 e. The van der Waals surface area contributed by atoms with Crippen molar-refractivity contribution < 1.29 is 8.42 Å². The number of aromatic nitrogens is 1. The number of hydrogen-bond donors (Lipinski definition) is 2. The summed E-state index contributed by atoms with van der Waals surface area (Å²) in [5.41, 5.74) is 6.30. The third-order valence-electron chi connectivity index (χ3n) is 2.48. The number of benzene rings is 1. The van der Waals surface area contributed by atoms with Crippen molar-refractivity contribution in [1.82, 2.24) is 9.71 Å². The maximum absolute atomic E-state index is 11.7. The Labute approximate surface area is 130 Å². The maximum Gasteiger partial charge on any atom is 0.240 e. The van der Waals surface area contributed by atoms with Gasteiger partial charge in [-0.05, 0) is 53.3 Å². The molecule has 2 rings (SSSR count). The van der Waals surface area contributed by atoms with Gasteiger partial charge in [0.1, 0.15) is 5.03 Å². The highest BCUT2D eigenvalue weighted by Gasteiger charge is 2.13. The Hall–Kier alpha value is -1.09. The SMILES string of the molecule is CNS(=O)(=O)c1ccc(Sc2ccc(Br)cn2)c(N)c1. The number of hydrogen-bond acceptors (Lipinski definition) is 5. The first-order chi connectivity index (χ1) is 9.42. The van der Waals surface area contributed by atoms with E-state index < -0.39 is 10.0 Å². The summed E-state index contributed by atoms with van der Waals surface area (Å²) in [6.07, 6.45) is 1.69. The molecule has 8 heteroatoms. The van der Waals surface area contributed by atoms with Crippen LogP contribution in [0.5, 0.6) is 0 Å². The lowest BCUT2D eigenvalue weighted by Crippen LogP contribution is -2.18. The van der Waals surface area contributed by atoms with E-state index in [9.17, 15) is 8.42 Å². The topological polar surface area (TPSA) is 85.1 Å². The average molecular weight is 374 g/mol. The lowest BCUT2D eigenvalue weighted by molar-refractivity contribution is 0.588. The Kier molecular flexibility index (Phi) is 4.69. The van der Waals surface area contributed by atoms with Crippen LogP contribution in [0.15, 0.2) is 55.8 Å². The monoisotopic (exact) mass is 373 g/mol. The summed E-state index contributed by atoms with van der Waals surface area (Å²) in [7, 11) is -2.12. The molecule has 2 aromatic rings. The van der Waals surface area contributed by atoms with Crippen LogP contribution in [0.25, 0.3) is 0 Å². The van der Waals surface area contributed by atoms with Crippen LogP contribution < -0.4 is 10.5 Å². The lowest BCUT2D eigenvalue weighted by Gasteiger charge is -2.08. The molecule has 0 fully saturated rings. The quantitative estimate of drug-likeness (QED) is 0.804. The summed E-state index contributed by atoms with van der Waals surface area (Å²) in [4.78, 5) is 5.14. The van der Waals surface area contributed by atoms with Gasteiger partial charge in [-0.15, -0.1) is 0 Å². The second kappa shape index (κ2) is 6.13. The summed E-state index contributed by atoms with van der Waals surface area (Å²) in [5, 5.41) is 0.782. The van der Waals surface area contributed by atoms with Crippen molar-refractivity contribution in [2.75, 3.05) is 12.8 Å². The standard InChI is InChI=1S/C12H12BrN3O2S2/c1-15-20(17,18)9-3-4-11(10(14)6-9)19-12-5-2-8(13)7-16-12/h2-7,15H,14H2,1H3. The number of anilines is 1. The molecule has 106 valence electrons. The second-order valence-corrected chi connectivity index (χ2v) is 7.69. The van der Waals surface area contributed by atoms with E-state index in [1.165, 1.54) is 30.9 Å². The lowest BCUT2D eigenvalue weighted by atomic mass is 10.3. The summed E-state index contributed by atoms with van der Waals surface area (Å²) in [6.45, 7) is 0. The highest BCUT2D eigenvalue weighted by molar-refractivity contribution is 9.10. The van der Waals surface area contributed by atoms with Crippen LogP contribution in [-0.2, 0) is 10.0 Å². The minimum atomic E-state index is -3.48. The molecule has 0 radical (unpaired) electrons. The minimum absolute atomic E-state index is 0.144. The van der Waals surface area contributed by atoms with Crippen LogP contribution >= 0.6 is 27.7 Å². The number of rotatable bonds is 4. The van der Waals surface area contributed by atoms with Gasteiger partial charge in [0.05, 0.1) is 4.90 Å². The zero-order chi connectivity index (χ0) is 14.8. The van der Waals surface area contributed by atoms with Crippen molar-refractivity contribution in [3.8, 4) is 0 Å². The number of pyridine rings is 1. The maximum atomic E-state index is 11.7. The van der Waals surface area contributed by atoms with Gasteiger partial charge in [-0.25, -0.2) is 18.1 Å². The molecule has 3 N–H and O–H groups in total. The zero-order valence-corrected chi connectivity index (χ0v) is 13.7. The van der Waals surface area contributed by atoms with E-state index in [2.05, 4.69) is 25.6 Å². The molecule has 20 heavy (non-hydrogen) atoms. The first-order valence-corrected chi connectivity index (χ1v) is 8.64. The highest BCUT2D eigenvalue weighted by Crippen LogP contribution is 2.32. The Morgan fingerprint density at radius 1 is 1.30 bits per heavy atom. The van der Waals surface area contributed by atoms with Crippen LogP contribution in [-0.4, -0.2) is 20.4 Å². The molecule has 0 amide bonds. The molecule has 1 aromatic carbocycles. The zero-order valence-electron chi connectivity index (χ0n) is 10.5. The van der Waals surface area contributed by atoms with Crippen LogP contribution in [0.3, 0.4) is 0 Å². The van der Waals surface area contributed by atoms with E-state index in [0.717, 1.165) is 14.4 Å². The predicted molar refractivity (Wildman–Crippen MR) is 83.2 cm³/mol. The van der Waals surface area contributed by atoms with E-state index in [0.29, 0.717) is 5.69 Å². The van der Waals surface area contributed by atoms with Gasteiger partial charge in [0.15, 0.2) is 0 Å². The molecule has 0 bridgehead atoms. The Balaban J connectivity index is 2.29. The predicted octanol–water partition coefficient (Wildman–Crippen LogP) is 2.49. The molecule has 1 aromatic heterocycles. The molecule has 0 aliphatic heterocycles. The van der Waals surface area contributed by atoms with Crippen molar-refractivity contribution in [3.05, 3.63) is 41.0 Å². The van der Waals surface area contributed by atoms with Crippen LogP contribution in [0.1, 0.15) is 0 Å². The van der Waals surface area contributed by atoms with Crippen LogP contribution in [0.4, 0.5) is 5.69 Å². The number of halogens is 1. The third kappa shape index (κ3) is 3.51. The van der Waals surface area contributed by atoms with Gasteiger partial charge in [0.25, 0.3) is 0 Å². The Morgan fingerprint density at radius 3 is 2.60 bits per heavy atom. The van der Waals surface area contributed by atoms with Gasteiger partial charge < -0.3 is 5.73 Å². The molecule has 1 heterocycles. The first kappa shape index (κ1) is 15.3. The summed E-state index contributed by atoms with van der Waals surface area (Å²) in [6, 6.07) is 8.36. The van der Waals surface area contributed by atoms with E-state index in [4.69, 9.17) is 5.73 Å². The van der Waals surface area contributed by atoms with E-state index in [-0.39, 0.29) is 4.90 Å². The fourth-order valence-corrected chi connectivity index (χ4v) is 3.22. The van der Waals surface area contributed by atoms with Crippen molar-refractivity contribution in [1.29, 1.82) is 0 Å². The van der Waals surface area contributed by atoms with Gasteiger partial charge in [-0.3, -0.25) is 0 Å². The van der Waals surface area contributed by atoms with Crippen molar-refractivity contribution in [2.45, 2.75) is 14.8 Å². The number of nitrogens with two attached hydrogens (primary N) is 1. The van der Waals surface area contributed by atoms with Crippen LogP contribution in [0.2, 0.25) is 0 Å². The van der Waals surface area contributed by atoms with Gasteiger partial charge >= 0.3 is 0 Å². The van der Waals surface area contributed by atoms with Crippen molar-refractivity contribution in [2.24, 2.45) is 0 Å². The fraction of sp³-hybridized carbons (Fsp3) is 0.0833. The fourth-order valence-electron chi connectivity index (χ4n) is 1.44. The molecule has 0 saturated carbocycles. The first-order valence-electron chi connectivity index (χ1n) is 5.55. The van der Waals surface area contributed by atoms with Gasteiger partial charge in [-0.1, -0.05) is 11.8 Å². The normalized spacial score (nSPS) is 11.5. The van der Waals surface area contributed by atoms with E-state index in [1.807, 2.05) is 12.1 Å². The number of nitrogens with zero attached hydrogens (tertiary/aromatic N) is 1. The Bertz CT molecular complexity index is 718. The van der Waals surface area contributed by atoms with Crippen molar-refractivity contribution in [3.63, 3.8) is 0 Å². The molecule has 0 aliphatic rings. The van der Waals surface area contributed by atoms with Crippen LogP contribution in [0, 0.1) is 0 Å². The van der Waals surface area contributed by atoms with Crippen molar-refractivity contribution >= 4 is 43.4 Å². The number of nitrogen functional groups attached to an aromatic ring is 1. The summed E-state index contributed by atoms with van der Waals surface area (Å²) < 4.78 is 26.5. The number of sulfonamides is 1. The van der Waals surface area contributed by atoms with Gasteiger partial charge in [0.2, 0.25) is 10.0 Å². The second-order valence-electron chi connectivity index (χ2n) is 3.82. The molecular formula is C12H12BrN3O2S2. The third-order valence-corrected chi connectivity index (χ3v) is 5.40. The highest BCUT2D eigenvalue weighted by atomic mass is 79.9. The molecule has 0 atom stereocenters. The average Bonchev–Trinajstić information content (AvgIpc) is 2.43.